The lowest BCUT2D eigenvalue weighted by Gasteiger charge is -2.28. The second kappa shape index (κ2) is 6.08. The summed E-state index contributed by atoms with van der Waals surface area (Å²) in [6.45, 7) is 6.00. The van der Waals surface area contributed by atoms with Crippen molar-refractivity contribution in [2.75, 3.05) is 6.54 Å². The molecule has 2 aromatic rings. The fraction of sp³-hybridized carbons (Fsp3) is 0.412. The van der Waals surface area contributed by atoms with Gasteiger partial charge < -0.3 is 0 Å². The Morgan fingerprint density at radius 3 is 2.86 bits per heavy atom. The van der Waals surface area contributed by atoms with Gasteiger partial charge in [0.15, 0.2) is 0 Å². The largest absolute Gasteiger partial charge is 0.294 e. The predicted molar refractivity (Wildman–Crippen MR) is 80.3 cm³/mol. The Morgan fingerprint density at radius 1 is 1.27 bits per heavy atom. The van der Waals surface area contributed by atoms with Crippen molar-refractivity contribution in [1.29, 1.82) is 0 Å². The highest BCUT2D eigenvalue weighted by atomic mass is 19.1. The second-order valence-electron chi connectivity index (χ2n) is 6.05. The van der Waals surface area contributed by atoms with E-state index in [4.69, 9.17) is 0 Å². The molecule has 3 rings (SSSR count). The Kier molecular flexibility index (Phi) is 4.16. The van der Waals surface area contributed by atoms with Gasteiger partial charge in [-0.3, -0.25) is 4.90 Å². The van der Waals surface area contributed by atoms with Crippen molar-refractivity contribution < 1.29 is 8.78 Å². The first-order chi connectivity index (χ1) is 10.5. The third-order valence-electron chi connectivity index (χ3n) is 3.95. The van der Waals surface area contributed by atoms with Crippen molar-refractivity contribution in [1.82, 2.24) is 14.9 Å². The number of hydrogen-bond acceptors (Lipinski definition) is 3. The van der Waals surface area contributed by atoms with Crippen molar-refractivity contribution in [3.63, 3.8) is 0 Å². The average Bonchev–Trinajstić information content (AvgIpc) is 2.50. The van der Waals surface area contributed by atoms with E-state index in [0.29, 0.717) is 24.6 Å². The van der Waals surface area contributed by atoms with Gasteiger partial charge >= 0.3 is 0 Å². The molecule has 0 unspecified atom stereocenters. The minimum absolute atomic E-state index is 0.310. The lowest BCUT2D eigenvalue weighted by atomic mass is 10.1. The summed E-state index contributed by atoms with van der Waals surface area (Å²) in [5.74, 6) is 0.408. The maximum atomic E-state index is 13.7. The topological polar surface area (TPSA) is 29.0 Å². The predicted octanol–water partition coefficient (Wildman–Crippen LogP) is 3.44. The van der Waals surface area contributed by atoms with Gasteiger partial charge in [0.1, 0.15) is 17.5 Å². The molecule has 0 atom stereocenters. The maximum absolute atomic E-state index is 13.7. The Balaban J connectivity index is 1.76. The number of halogens is 2. The van der Waals surface area contributed by atoms with E-state index < -0.39 is 5.82 Å². The molecule has 1 aliphatic rings. The van der Waals surface area contributed by atoms with Crippen LogP contribution in [0.5, 0.6) is 0 Å². The Hall–Kier alpha value is -1.88. The number of benzene rings is 1. The first-order valence-electron chi connectivity index (χ1n) is 7.54. The molecule has 0 amide bonds. The molecule has 0 bridgehead atoms. The highest BCUT2D eigenvalue weighted by molar-refractivity contribution is 5.23. The summed E-state index contributed by atoms with van der Waals surface area (Å²) >= 11 is 0. The number of aromatic nitrogens is 2. The fourth-order valence-electron chi connectivity index (χ4n) is 2.71. The van der Waals surface area contributed by atoms with Crippen molar-refractivity contribution in [2.24, 2.45) is 0 Å². The third-order valence-corrected chi connectivity index (χ3v) is 3.95. The molecule has 22 heavy (non-hydrogen) atoms. The van der Waals surface area contributed by atoms with Crippen LogP contribution < -0.4 is 0 Å². The molecule has 2 heterocycles. The zero-order chi connectivity index (χ0) is 15.7. The lowest BCUT2D eigenvalue weighted by Crippen LogP contribution is -2.31. The summed E-state index contributed by atoms with van der Waals surface area (Å²) < 4.78 is 27.0. The van der Waals surface area contributed by atoms with Crippen LogP contribution in [0.1, 0.15) is 42.4 Å². The lowest BCUT2D eigenvalue weighted by molar-refractivity contribution is 0.239. The number of fused-ring (bicyclic) bond motifs is 1. The Morgan fingerprint density at radius 2 is 2.09 bits per heavy atom. The second-order valence-corrected chi connectivity index (χ2v) is 6.05. The van der Waals surface area contributed by atoms with Crippen molar-refractivity contribution >= 4 is 0 Å². The van der Waals surface area contributed by atoms with Crippen LogP contribution in [-0.2, 0) is 19.5 Å². The zero-order valence-corrected chi connectivity index (χ0v) is 12.8. The van der Waals surface area contributed by atoms with E-state index in [1.807, 2.05) is 6.20 Å². The Bertz CT molecular complexity index is 686. The quantitative estimate of drug-likeness (QED) is 0.870. The minimum Gasteiger partial charge on any atom is -0.294 e. The molecule has 0 N–H and O–H groups in total. The van der Waals surface area contributed by atoms with Crippen LogP contribution >= 0.6 is 0 Å². The first-order valence-corrected chi connectivity index (χ1v) is 7.54. The highest BCUT2D eigenvalue weighted by Crippen LogP contribution is 2.21. The monoisotopic (exact) mass is 303 g/mol. The summed E-state index contributed by atoms with van der Waals surface area (Å²) in [4.78, 5) is 11.1. The van der Waals surface area contributed by atoms with Gasteiger partial charge in [0.05, 0.1) is 0 Å². The molecule has 0 spiro atoms. The molecule has 0 saturated heterocycles. The summed E-state index contributed by atoms with van der Waals surface area (Å²) in [6.07, 6.45) is 2.68. The van der Waals surface area contributed by atoms with E-state index >= 15 is 0 Å². The molecular formula is C17H19F2N3. The molecule has 0 aliphatic carbocycles. The summed E-state index contributed by atoms with van der Waals surface area (Å²) in [5.41, 5.74) is 2.55. The SMILES string of the molecule is CC(C)c1ncc2c(n1)CCN(Cc1cc(F)ccc1F)C2. The van der Waals surface area contributed by atoms with Crippen molar-refractivity contribution in [3.05, 3.63) is 58.7 Å². The molecule has 3 nitrogen and oxygen atoms in total. The van der Waals surface area contributed by atoms with Crippen molar-refractivity contribution in [2.45, 2.75) is 39.3 Å². The Labute approximate surface area is 129 Å². The van der Waals surface area contributed by atoms with Crippen LogP contribution in [-0.4, -0.2) is 21.4 Å². The van der Waals surface area contributed by atoms with Gasteiger partial charge in [-0.05, 0) is 18.2 Å². The average molecular weight is 303 g/mol. The molecule has 1 aliphatic heterocycles. The van der Waals surface area contributed by atoms with Gasteiger partial charge in [-0.15, -0.1) is 0 Å². The molecule has 0 radical (unpaired) electrons. The van der Waals surface area contributed by atoms with Gasteiger partial charge in [-0.2, -0.15) is 0 Å². The van der Waals surface area contributed by atoms with Crippen LogP contribution in [0.25, 0.3) is 0 Å². The van der Waals surface area contributed by atoms with Crippen LogP contribution in [0.3, 0.4) is 0 Å². The van der Waals surface area contributed by atoms with Gasteiger partial charge in [0.25, 0.3) is 0 Å². The van der Waals surface area contributed by atoms with E-state index in [2.05, 4.69) is 28.7 Å². The van der Waals surface area contributed by atoms with Gasteiger partial charge in [0, 0.05) is 55.0 Å². The molecular weight excluding hydrogens is 284 g/mol. The van der Waals surface area contributed by atoms with Crippen LogP contribution in [0.2, 0.25) is 0 Å². The fourth-order valence-corrected chi connectivity index (χ4v) is 2.71. The van der Waals surface area contributed by atoms with Crippen LogP contribution in [0, 0.1) is 11.6 Å². The molecule has 0 fully saturated rings. The van der Waals surface area contributed by atoms with Crippen LogP contribution in [0.4, 0.5) is 8.78 Å². The normalized spacial score (nSPS) is 15.1. The van der Waals surface area contributed by atoms with E-state index in [-0.39, 0.29) is 5.82 Å². The zero-order valence-electron chi connectivity index (χ0n) is 12.8. The summed E-state index contributed by atoms with van der Waals surface area (Å²) in [5, 5.41) is 0. The van der Waals surface area contributed by atoms with Gasteiger partial charge in [0.2, 0.25) is 0 Å². The third kappa shape index (κ3) is 3.14. The van der Waals surface area contributed by atoms with Gasteiger partial charge in [-0.25, -0.2) is 18.7 Å². The first kappa shape index (κ1) is 15.0. The maximum Gasteiger partial charge on any atom is 0.131 e. The minimum atomic E-state index is -0.404. The van der Waals surface area contributed by atoms with E-state index in [1.54, 1.807) is 0 Å². The standard InChI is InChI=1S/C17H19F2N3/c1-11(2)17-20-8-13-10-22(6-5-16(13)21-17)9-12-7-14(18)3-4-15(12)19/h3-4,7-8,11H,5-6,9-10H2,1-2H3. The molecule has 116 valence electrons. The van der Waals surface area contributed by atoms with Gasteiger partial charge in [-0.1, -0.05) is 13.8 Å². The van der Waals surface area contributed by atoms with E-state index in [1.165, 1.54) is 12.1 Å². The van der Waals surface area contributed by atoms with E-state index in [0.717, 1.165) is 36.1 Å². The van der Waals surface area contributed by atoms with E-state index in [9.17, 15) is 8.78 Å². The molecule has 1 aromatic heterocycles. The summed E-state index contributed by atoms with van der Waals surface area (Å²) in [7, 11) is 0. The number of nitrogens with zero attached hydrogens (tertiary/aromatic N) is 3. The van der Waals surface area contributed by atoms with Crippen molar-refractivity contribution in [3.8, 4) is 0 Å². The number of rotatable bonds is 3. The number of hydrogen-bond donors (Lipinski definition) is 0. The molecule has 5 heteroatoms. The smallest absolute Gasteiger partial charge is 0.131 e. The molecule has 0 saturated carbocycles. The highest BCUT2D eigenvalue weighted by Gasteiger charge is 2.20. The molecule has 1 aromatic carbocycles. The van der Waals surface area contributed by atoms with Crippen LogP contribution in [0.15, 0.2) is 24.4 Å². The summed E-state index contributed by atoms with van der Waals surface area (Å²) in [6, 6.07) is 3.59.